The smallest absolute Gasteiger partial charge is 0.119 e. The van der Waals surface area contributed by atoms with E-state index in [1.807, 2.05) is 41.5 Å². The zero-order valence-corrected chi connectivity index (χ0v) is 20.9. The molecule has 0 spiro atoms. The van der Waals surface area contributed by atoms with Crippen LogP contribution >= 0.6 is 11.9 Å². The molecule has 1 aliphatic rings. The molecule has 1 aromatic rings. The first-order valence-electron chi connectivity index (χ1n) is 10.9. The summed E-state index contributed by atoms with van der Waals surface area (Å²) in [7, 11) is 1.70. The van der Waals surface area contributed by atoms with E-state index >= 15 is 0 Å². The van der Waals surface area contributed by atoms with Crippen molar-refractivity contribution in [1.82, 2.24) is 4.31 Å². The van der Waals surface area contributed by atoms with Gasteiger partial charge in [-0.1, -0.05) is 48.0 Å². The average molecular weight is 418 g/mol. The molecule has 5 heteroatoms. The van der Waals surface area contributed by atoms with Crippen LogP contribution in [-0.2, 0) is 0 Å². The van der Waals surface area contributed by atoms with Gasteiger partial charge in [0, 0.05) is 24.1 Å². The lowest BCUT2D eigenvalue weighted by molar-refractivity contribution is 0.164. The first kappa shape index (κ1) is 31.9. The molecule has 1 heterocycles. The lowest BCUT2D eigenvalue weighted by Crippen LogP contribution is -2.36. The molecule has 0 radical (unpaired) electrons. The van der Waals surface area contributed by atoms with Crippen molar-refractivity contribution >= 4 is 11.9 Å². The van der Waals surface area contributed by atoms with Crippen LogP contribution in [-0.4, -0.2) is 47.4 Å². The van der Waals surface area contributed by atoms with E-state index < -0.39 is 0 Å². The van der Waals surface area contributed by atoms with Crippen molar-refractivity contribution in [1.29, 1.82) is 0 Å². The summed E-state index contributed by atoms with van der Waals surface area (Å²) < 4.78 is 7.64. The number of hydrogen-bond donors (Lipinski definition) is 2. The molecular weight excluding hydrogens is 370 g/mol. The Balaban J connectivity index is -0.000000604. The lowest BCUT2D eigenvalue weighted by Gasteiger charge is -2.34. The Bertz CT molecular complexity index is 432. The van der Waals surface area contributed by atoms with Crippen molar-refractivity contribution < 1.29 is 14.9 Å². The number of piperidine rings is 1. The van der Waals surface area contributed by atoms with Crippen molar-refractivity contribution in [3.05, 3.63) is 23.3 Å². The number of aliphatic hydroxyl groups excluding tert-OH is 2. The molecule has 28 heavy (non-hydrogen) atoms. The van der Waals surface area contributed by atoms with Crippen molar-refractivity contribution in [3.8, 4) is 5.75 Å². The fourth-order valence-electron chi connectivity index (χ4n) is 2.57. The maximum absolute atomic E-state index is 9.49. The molecule has 0 saturated carbocycles. The van der Waals surface area contributed by atoms with E-state index in [0.717, 1.165) is 18.7 Å². The molecule has 1 atom stereocenters. The topological polar surface area (TPSA) is 52.9 Å². The summed E-state index contributed by atoms with van der Waals surface area (Å²) in [6, 6.07) is 4.44. The second kappa shape index (κ2) is 22.5. The summed E-state index contributed by atoms with van der Waals surface area (Å²) in [5.41, 5.74) is 2.48. The van der Waals surface area contributed by atoms with Crippen LogP contribution in [0.4, 0.5) is 0 Å². The minimum absolute atomic E-state index is 0.250. The summed E-state index contributed by atoms with van der Waals surface area (Å²) in [5, 5.41) is 17.1. The minimum Gasteiger partial charge on any atom is -0.497 e. The van der Waals surface area contributed by atoms with Gasteiger partial charge in [-0.05, 0) is 68.8 Å². The molecule has 1 aliphatic heterocycles. The summed E-state index contributed by atoms with van der Waals surface area (Å²) in [6.07, 6.45) is 3.54. The molecule has 0 amide bonds. The molecule has 168 valence electrons. The van der Waals surface area contributed by atoms with Crippen molar-refractivity contribution in [2.24, 2.45) is 0 Å². The van der Waals surface area contributed by atoms with Crippen LogP contribution in [0, 0.1) is 13.8 Å². The van der Waals surface area contributed by atoms with Gasteiger partial charge in [0.2, 0.25) is 0 Å². The number of aliphatic hydroxyl groups is 2. The van der Waals surface area contributed by atoms with E-state index in [-0.39, 0.29) is 13.2 Å². The van der Waals surface area contributed by atoms with Gasteiger partial charge in [-0.15, -0.1) is 0 Å². The Morgan fingerprint density at radius 3 is 1.86 bits per heavy atom. The third-order valence-electron chi connectivity index (χ3n) is 3.66. The number of methoxy groups -OCH3 is 1. The number of ether oxygens (including phenoxy) is 1. The van der Waals surface area contributed by atoms with Crippen LogP contribution in [0.1, 0.15) is 78.9 Å². The second-order valence-corrected chi connectivity index (χ2v) is 6.53. The average Bonchev–Trinajstić information content (AvgIpc) is 2.75. The largest absolute Gasteiger partial charge is 0.497 e. The van der Waals surface area contributed by atoms with E-state index in [1.54, 1.807) is 26.0 Å². The Morgan fingerprint density at radius 2 is 1.46 bits per heavy atom. The van der Waals surface area contributed by atoms with E-state index in [9.17, 15) is 5.11 Å². The zero-order chi connectivity index (χ0) is 22.5. The molecule has 1 fully saturated rings. The maximum atomic E-state index is 9.49. The van der Waals surface area contributed by atoms with Crippen LogP contribution in [0.15, 0.2) is 17.0 Å². The van der Waals surface area contributed by atoms with Gasteiger partial charge in [-0.2, -0.15) is 0 Å². The normalized spacial score (nSPS) is 15.2. The van der Waals surface area contributed by atoms with Gasteiger partial charge in [0.15, 0.2) is 0 Å². The molecule has 0 aliphatic carbocycles. The van der Waals surface area contributed by atoms with E-state index in [0.29, 0.717) is 6.04 Å². The van der Waals surface area contributed by atoms with Gasteiger partial charge < -0.3 is 14.9 Å². The van der Waals surface area contributed by atoms with E-state index in [4.69, 9.17) is 9.84 Å². The molecule has 2 rings (SSSR count). The monoisotopic (exact) mass is 417 g/mol. The fourth-order valence-corrected chi connectivity index (χ4v) is 3.75. The van der Waals surface area contributed by atoms with Gasteiger partial charge in [-0.3, -0.25) is 0 Å². The number of hydrogen-bond acceptors (Lipinski definition) is 5. The Kier molecular flexibility index (Phi) is 25.7. The third-order valence-corrected chi connectivity index (χ3v) is 5.20. The van der Waals surface area contributed by atoms with Gasteiger partial charge in [-0.25, -0.2) is 4.31 Å². The quantitative estimate of drug-likeness (QED) is 0.568. The molecule has 1 aromatic carbocycles. The zero-order valence-electron chi connectivity index (χ0n) is 20.1. The van der Waals surface area contributed by atoms with Crippen LogP contribution in [0.3, 0.4) is 0 Å². The van der Waals surface area contributed by atoms with Crippen molar-refractivity contribution in [3.63, 3.8) is 0 Å². The highest BCUT2D eigenvalue weighted by Gasteiger charge is 2.23. The minimum atomic E-state index is 0.250. The van der Waals surface area contributed by atoms with E-state index in [2.05, 4.69) is 30.3 Å². The summed E-state index contributed by atoms with van der Waals surface area (Å²) in [6.45, 7) is 19.5. The Labute approximate surface area is 179 Å². The predicted octanol–water partition coefficient (Wildman–Crippen LogP) is 6.24. The first-order valence-corrected chi connectivity index (χ1v) is 11.7. The SMILES string of the molecule is CC.CC.CC.CCO.COc1cc(C)c(SN2CCCCC2CO)c(C)c1. The summed E-state index contributed by atoms with van der Waals surface area (Å²) >= 11 is 1.79. The van der Waals surface area contributed by atoms with Crippen LogP contribution in [0.5, 0.6) is 5.75 Å². The van der Waals surface area contributed by atoms with Gasteiger partial charge in [0.05, 0.1) is 13.7 Å². The highest BCUT2D eigenvalue weighted by Crippen LogP contribution is 2.35. The summed E-state index contributed by atoms with van der Waals surface area (Å²) in [4.78, 5) is 1.29. The first-order chi connectivity index (χ1) is 13.6. The molecule has 4 nitrogen and oxygen atoms in total. The van der Waals surface area contributed by atoms with Crippen LogP contribution < -0.4 is 4.74 Å². The van der Waals surface area contributed by atoms with Crippen molar-refractivity contribution in [2.75, 3.05) is 26.9 Å². The molecule has 1 unspecified atom stereocenters. The van der Waals surface area contributed by atoms with Crippen LogP contribution in [0.25, 0.3) is 0 Å². The van der Waals surface area contributed by atoms with E-state index in [1.165, 1.54) is 28.9 Å². The predicted molar refractivity (Wildman–Crippen MR) is 127 cm³/mol. The lowest BCUT2D eigenvalue weighted by atomic mass is 10.1. The molecule has 1 saturated heterocycles. The van der Waals surface area contributed by atoms with Gasteiger partial charge >= 0.3 is 0 Å². The fraction of sp³-hybridized carbons (Fsp3) is 0.739. The molecule has 0 aromatic heterocycles. The Hall–Kier alpha value is -0.750. The number of nitrogens with zero attached hydrogens (tertiary/aromatic N) is 1. The number of aryl methyl sites for hydroxylation is 2. The van der Waals surface area contributed by atoms with Crippen LogP contribution in [0.2, 0.25) is 0 Å². The number of rotatable bonds is 4. The third kappa shape index (κ3) is 12.7. The van der Waals surface area contributed by atoms with Gasteiger partial charge in [0.1, 0.15) is 5.75 Å². The van der Waals surface area contributed by atoms with Gasteiger partial charge in [0.25, 0.3) is 0 Å². The molecule has 2 N–H and O–H groups in total. The standard InChI is InChI=1S/C15H23NO2S.C2H6O.3C2H6/c1-11-8-14(18-3)9-12(2)15(11)19-16-7-5-4-6-13(16)10-17;1-2-3;3*1-2/h8-9,13,17H,4-7,10H2,1-3H3;3H,2H2,1H3;3*1-2H3. The maximum Gasteiger partial charge on any atom is 0.119 e. The second-order valence-electron chi connectivity index (χ2n) is 5.47. The highest BCUT2D eigenvalue weighted by atomic mass is 32.2. The highest BCUT2D eigenvalue weighted by molar-refractivity contribution is 7.97. The molecular formula is C23H47NO3S. The molecule has 0 bridgehead atoms. The Morgan fingerprint density at radius 1 is 1.00 bits per heavy atom. The van der Waals surface area contributed by atoms with Crippen molar-refractivity contribution in [2.45, 2.75) is 92.5 Å². The number of benzene rings is 1. The summed E-state index contributed by atoms with van der Waals surface area (Å²) in [5.74, 6) is 0.914.